The quantitative estimate of drug-likeness (QED) is 0.620. The summed E-state index contributed by atoms with van der Waals surface area (Å²) in [4.78, 5) is 25.1. The molecule has 0 saturated carbocycles. The number of aromatic nitrogens is 1. The van der Waals surface area contributed by atoms with E-state index in [4.69, 9.17) is 16.3 Å². The number of aliphatic carboxylic acids is 1. The first-order chi connectivity index (χ1) is 13.9. The van der Waals surface area contributed by atoms with Crippen molar-refractivity contribution in [1.29, 1.82) is 0 Å². The number of halogens is 3. The molecule has 3 aromatic rings. The Bertz CT molecular complexity index is 1210. The van der Waals surface area contributed by atoms with Gasteiger partial charge in [-0.05, 0) is 51.1 Å². The Morgan fingerprint density at radius 3 is 2.40 bits per heavy atom. The maximum Gasteiger partial charge on any atom is 0.339 e. The van der Waals surface area contributed by atoms with Crippen molar-refractivity contribution in [3.63, 3.8) is 0 Å². The number of carboxylic acids is 1. The van der Waals surface area contributed by atoms with Crippen LogP contribution < -0.4 is 5.56 Å². The lowest BCUT2D eigenvalue weighted by atomic mass is 9.93. The number of rotatable bonds is 4. The topological polar surface area (TPSA) is 68.5 Å². The van der Waals surface area contributed by atoms with Gasteiger partial charge in [-0.15, -0.1) is 0 Å². The molecule has 1 heterocycles. The van der Waals surface area contributed by atoms with Crippen LogP contribution in [-0.2, 0) is 16.6 Å². The summed E-state index contributed by atoms with van der Waals surface area (Å²) in [6, 6.07) is 7.66. The predicted octanol–water partition coefficient (Wildman–Crippen LogP) is 5.08. The van der Waals surface area contributed by atoms with Crippen molar-refractivity contribution in [2.45, 2.75) is 32.5 Å². The highest BCUT2D eigenvalue weighted by Gasteiger charge is 2.34. The Kier molecular flexibility index (Phi) is 5.71. The molecule has 0 amide bonds. The van der Waals surface area contributed by atoms with E-state index in [2.05, 4.69) is 0 Å². The van der Waals surface area contributed by atoms with Gasteiger partial charge in [-0.1, -0.05) is 17.7 Å². The fourth-order valence-corrected chi connectivity index (χ4v) is 3.55. The van der Waals surface area contributed by atoms with E-state index >= 15 is 0 Å². The average molecular weight is 436 g/mol. The van der Waals surface area contributed by atoms with Gasteiger partial charge in [-0.2, -0.15) is 0 Å². The third-order valence-electron chi connectivity index (χ3n) is 4.56. The minimum Gasteiger partial charge on any atom is -0.479 e. The van der Waals surface area contributed by atoms with E-state index < -0.39 is 34.9 Å². The van der Waals surface area contributed by atoms with Crippen molar-refractivity contribution in [3.05, 3.63) is 69.1 Å². The van der Waals surface area contributed by atoms with E-state index in [1.165, 1.54) is 31.3 Å². The molecule has 8 heteroatoms. The van der Waals surface area contributed by atoms with Gasteiger partial charge in [-0.3, -0.25) is 4.79 Å². The van der Waals surface area contributed by atoms with Crippen LogP contribution in [0.2, 0.25) is 5.02 Å². The van der Waals surface area contributed by atoms with Crippen LogP contribution in [0.25, 0.3) is 21.9 Å². The van der Waals surface area contributed by atoms with Crippen molar-refractivity contribution >= 4 is 28.3 Å². The minimum absolute atomic E-state index is 0.00880. The molecule has 0 aliphatic rings. The van der Waals surface area contributed by atoms with E-state index in [-0.39, 0.29) is 32.6 Å². The first kappa shape index (κ1) is 21.9. The maximum absolute atomic E-state index is 15.0. The average Bonchev–Trinajstić information content (AvgIpc) is 2.63. The van der Waals surface area contributed by atoms with Crippen LogP contribution >= 0.6 is 11.6 Å². The first-order valence-corrected chi connectivity index (χ1v) is 9.47. The zero-order valence-corrected chi connectivity index (χ0v) is 17.6. The fourth-order valence-electron chi connectivity index (χ4n) is 3.39. The molecule has 0 aliphatic carbocycles. The van der Waals surface area contributed by atoms with Crippen molar-refractivity contribution in [3.8, 4) is 11.1 Å². The van der Waals surface area contributed by atoms with Gasteiger partial charge in [-0.25, -0.2) is 13.6 Å². The van der Waals surface area contributed by atoms with Gasteiger partial charge in [0, 0.05) is 28.6 Å². The molecule has 0 radical (unpaired) electrons. The number of pyridine rings is 1. The summed E-state index contributed by atoms with van der Waals surface area (Å²) in [6.45, 7) is 4.93. The highest BCUT2D eigenvalue weighted by molar-refractivity contribution is 6.30. The number of carboxylic acid groups (broad SMARTS) is 1. The van der Waals surface area contributed by atoms with E-state index in [0.29, 0.717) is 0 Å². The Balaban J connectivity index is 2.56. The number of nitrogens with zero attached hydrogens (tertiary/aromatic N) is 1. The first-order valence-electron chi connectivity index (χ1n) is 9.09. The molecule has 0 fully saturated rings. The summed E-state index contributed by atoms with van der Waals surface area (Å²) in [6.07, 6.45) is -1.66. The van der Waals surface area contributed by atoms with Gasteiger partial charge in [0.15, 0.2) is 6.10 Å². The zero-order valence-electron chi connectivity index (χ0n) is 16.8. The number of hydrogen-bond acceptors (Lipinski definition) is 3. The lowest BCUT2D eigenvalue weighted by Gasteiger charge is -2.28. The largest absolute Gasteiger partial charge is 0.479 e. The number of benzene rings is 2. The molecule has 3 rings (SSSR count). The SMILES string of the molecule is Cn1c([C@@H](OC(C)(C)C)C(=O)O)c(-c2ccc(Cl)cc2F)c2c(F)cccc2c1=O. The molecule has 0 aliphatic heterocycles. The highest BCUT2D eigenvalue weighted by atomic mass is 35.5. The van der Waals surface area contributed by atoms with E-state index in [0.717, 1.165) is 16.7 Å². The summed E-state index contributed by atoms with van der Waals surface area (Å²) in [5.74, 6) is -2.96. The van der Waals surface area contributed by atoms with Gasteiger partial charge in [0.2, 0.25) is 0 Å². The Labute approximate surface area is 176 Å². The molecule has 1 aromatic heterocycles. The Morgan fingerprint density at radius 2 is 1.83 bits per heavy atom. The van der Waals surface area contributed by atoms with Gasteiger partial charge >= 0.3 is 5.97 Å². The Hall–Kier alpha value is -2.77. The second-order valence-corrected chi connectivity index (χ2v) is 8.30. The van der Waals surface area contributed by atoms with E-state index in [1.807, 2.05) is 0 Å². The van der Waals surface area contributed by atoms with Crippen molar-refractivity contribution in [2.24, 2.45) is 7.05 Å². The molecule has 1 atom stereocenters. The molecule has 30 heavy (non-hydrogen) atoms. The number of fused-ring (bicyclic) bond motifs is 1. The van der Waals surface area contributed by atoms with Gasteiger partial charge in [0.05, 0.1) is 16.7 Å². The molecule has 0 spiro atoms. The van der Waals surface area contributed by atoms with Crippen LogP contribution in [0.15, 0.2) is 41.2 Å². The fraction of sp³-hybridized carbons (Fsp3) is 0.273. The minimum atomic E-state index is -1.66. The molecular weight excluding hydrogens is 416 g/mol. The van der Waals surface area contributed by atoms with E-state index in [9.17, 15) is 23.5 Å². The van der Waals surface area contributed by atoms with E-state index in [1.54, 1.807) is 20.8 Å². The lowest BCUT2D eigenvalue weighted by Crippen LogP contribution is -2.33. The third-order valence-corrected chi connectivity index (χ3v) is 4.80. The number of ether oxygens (including phenoxy) is 1. The molecule has 1 N–H and O–H groups in total. The molecular formula is C22H20ClF2NO4. The summed E-state index contributed by atoms with van der Waals surface area (Å²) in [7, 11) is 1.35. The number of hydrogen-bond donors (Lipinski definition) is 1. The van der Waals surface area contributed by atoms with Crippen LogP contribution in [0, 0.1) is 11.6 Å². The highest BCUT2D eigenvalue weighted by Crippen LogP contribution is 2.39. The zero-order chi connectivity index (χ0) is 22.4. The van der Waals surface area contributed by atoms with Crippen LogP contribution in [0.3, 0.4) is 0 Å². The van der Waals surface area contributed by atoms with Crippen LogP contribution in [-0.4, -0.2) is 21.2 Å². The summed E-state index contributed by atoms with van der Waals surface area (Å²) < 4.78 is 36.7. The second-order valence-electron chi connectivity index (χ2n) is 7.86. The van der Waals surface area contributed by atoms with Crippen molar-refractivity contribution in [2.75, 3.05) is 0 Å². The standard InChI is InChI=1S/C22H20ClF2NO4/c1-22(2,3)30-19(21(28)29)18-17(12-9-8-11(23)10-15(12)25)16-13(20(27)26(18)4)6-5-7-14(16)24/h5-10,19H,1-4H3,(H,28,29)/t19-/m1/s1. The third kappa shape index (κ3) is 3.95. The van der Waals surface area contributed by atoms with Gasteiger partial charge in [0.25, 0.3) is 5.56 Å². The monoisotopic (exact) mass is 435 g/mol. The summed E-state index contributed by atoms with van der Waals surface area (Å²) in [5, 5.41) is 9.81. The molecule has 158 valence electrons. The molecule has 2 aromatic carbocycles. The predicted molar refractivity (Wildman–Crippen MR) is 111 cm³/mol. The van der Waals surface area contributed by atoms with Crippen LogP contribution in [0.5, 0.6) is 0 Å². The van der Waals surface area contributed by atoms with Crippen LogP contribution in [0.4, 0.5) is 8.78 Å². The second kappa shape index (κ2) is 7.81. The molecule has 5 nitrogen and oxygen atoms in total. The summed E-state index contributed by atoms with van der Waals surface area (Å²) >= 11 is 5.86. The smallest absolute Gasteiger partial charge is 0.339 e. The normalized spacial score (nSPS) is 12.9. The van der Waals surface area contributed by atoms with Crippen LogP contribution in [0.1, 0.15) is 32.6 Å². The lowest BCUT2D eigenvalue weighted by molar-refractivity contribution is -0.161. The summed E-state index contributed by atoms with van der Waals surface area (Å²) in [5.41, 5.74) is -1.87. The maximum atomic E-state index is 15.0. The molecule has 0 unspecified atom stereocenters. The van der Waals surface area contributed by atoms with Gasteiger partial charge < -0.3 is 14.4 Å². The Morgan fingerprint density at radius 1 is 1.17 bits per heavy atom. The van der Waals surface area contributed by atoms with Crippen molar-refractivity contribution in [1.82, 2.24) is 4.57 Å². The molecule has 0 bridgehead atoms. The van der Waals surface area contributed by atoms with Crippen molar-refractivity contribution < 1.29 is 23.4 Å². The molecule has 0 saturated heterocycles. The number of carbonyl (C=O) groups is 1. The van der Waals surface area contributed by atoms with Gasteiger partial charge in [0.1, 0.15) is 11.6 Å².